The largest absolute Gasteiger partial charge is 0.396 e. The Labute approximate surface area is 108 Å². The second-order valence-corrected chi connectivity index (χ2v) is 3.80. The number of benzene rings is 1. The minimum atomic E-state index is -0.540. The number of amides is 1. The quantitative estimate of drug-likeness (QED) is 0.822. The van der Waals surface area contributed by atoms with Gasteiger partial charge in [0.1, 0.15) is 12.4 Å². The zero-order valence-electron chi connectivity index (χ0n) is 10.1. The van der Waals surface area contributed by atoms with Gasteiger partial charge in [0.15, 0.2) is 11.5 Å². The molecule has 1 aromatic heterocycles. The zero-order valence-corrected chi connectivity index (χ0v) is 10.1. The molecule has 0 radical (unpaired) electrons. The van der Waals surface area contributed by atoms with Crippen LogP contribution in [0.15, 0.2) is 28.8 Å². The lowest BCUT2D eigenvalue weighted by Gasteiger charge is -2.04. The van der Waals surface area contributed by atoms with E-state index in [4.69, 9.17) is 15.0 Å². The minimum Gasteiger partial charge on any atom is -0.396 e. The molecule has 1 aromatic carbocycles. The molecule has 7 heteroatoms. The normalized spacial score (nSPS) is 10.4. The molecule has 3 N–H and O–H groups in total. The second kappa shape index (κ2) is 5.49. The van der Waals surface area contributed by atoms with Crippen molar-refractivity contribution >= 4 is 17.3 Å². The van der Waals surface area contributed by atoms with Gasteiger partial charge in [-0.3, -0.25) is 4.79 Å². The fourth-order valence-corrected chi connectivity index (χ4v) is 1.45. The summed E-state index contributed by atoms with van der Waals surface area (Å²) in [6, 6.07) is 5.36. The molecule has 1 heterocycles. The van der Waals surface area contributed by atoms with Crippen molar-refractivity contribution in [1.82, 2.24) is 5.16 Å². The van der Waals surface area contributed by atoms with Crippen molar-refractivity contribution in [3.8, 4) is 0 Å². The number of aromatic nitrogens is 1. The van der Waals surface area contributed by atoms with Gasteiger partial charge in [-0.15, -0.1) is 0 Å². The fourth-order valence-electron chi connectivity index (χ4n) is 1.45. The van der Waals surface area contributed by atoms with E-state index in [0.29, 0.717) is 11.4 Å². The number of rotatable bonds is 4. The molecular formula is C12H12FN3O3. The highest BCUT2D eigenvalue weighted by Gasteiger charge is 2.13. The summed E-state index contributed by atoms with van der Waals surface area (Å²) >= 11 is 0. The number of nitrogens with one attached hydrogen (secondary N) is 1. The van der Waals surface area contributed by atoms with E-state index < -0.39 is 11.7 Å². The van der Waals surface area contributed by atoms with Crippen LogP contribution in [0.2, 0.25) is 0 Å². The average molecular weight is 265 g/mol. The summed E-state index contributed by atoms with van der Waals surface area (Å²) in [5.41, 5.74) is 5.84. The lowest BCUT2D eigenvalue weighted by Crippen LogP contribution is -2.12. The number of carbonyl (C=O) groups excluding carboxylic acids is 1. The number of nitrogen functional groups attached to an aromatic ring is 1. The van der Waals surface area contributed by atoms with E-state index in [9.17, 15) is 9.18 Å². The molecule has 1 amide bonds. The van der Waals surface area contributed by atoms with Gasteiger partial charge < -0.3 is 20.3 Å². The van der Waals surface area contributed by atoms with Crippen LogP contribution in [0.25, 0.3) is 0 Å². The zero-order chi connectivity index (χ0) is 13.8. The first-order chi connectivity index (χ1) is 9.10. The van der Waals surface area contributed by atoms with Crippen LogP contribution in [-0.2, 0) is 11.3 Å². The Morgan fingerprint density at radius 1 is 1.53 bits per heavy atom. The van der Waals surface area contributed by atoms with Gasteiger partial charge in [0.05, 0.1) is 5.69 Å². The van der Waals surface area contributed by atoms with Crippen molar-refractivity contribution in [3.05, 3.63) is 41.5 Å². The maximum atomic E-state index is 13.0. The van der Waals surface area contributed by atoms with Crippen LogP contribution in [0.1, 0.15) is 16.2 Å². The Hall–Kier alpha value is -2.41. The Morgan fingerprint density at radius 2 is 2.32 bits per heavy atom. The van der Waals surface area contributed by atoms with Crippen molar-refractivity contribution in [2.24, 2.45) is 0 Å². The molecule has 0 aliphatic heterocycles. The lowest BCUT2D eigenvalue weighted by molar-refractivity contribution is 0.101. The first-order valence-corrected chi connectivity index (χ1v) is 5.41. The third kappa shape index (κ3) is 3.08. The maximum absolute atomic E-state index is 13.0. The van der Waals surface area contributed by atoms with Crippen molar-refractivity contribution in [2.75, 3.05) is 18.2 Å². The van der Waals surface area contributed by atoms with Crippen molar-refractivity contribution in [2.45, 2.75) is 6.61 Å². The highest BCUT2D eigenvalue weighted by molar-refractivity contribution is 6.03. The van der Waals surface area contributed by atoms with Crippen LogP contribution >= 0.6 is 0 Å². The number of carbonyl (C=O) groups is 1. The van der Waals surface area contributed by atoms with Gasteiger partial charge in [-0.05, 0) is 18.2 Å². The van der Waals surface area contributed by atoms with Crippen molar-refractivity contribution < 1.29 is 18.4 Å². The predicted molar refractivity (Wildman–Crippen MR) is 66.0 cm³/mol. The van der Waals surface area contributed by atoms with Gasteiger partial charge in [0.2, 0.25) is 0 Å². The summed E-state index contributed by atoms with van der Waals surface area (Å²) < 4.78 is 22.7. The van der Waals surface area contributed by atoms with Crippen LogP contribution in [-0.4, -0.2) is 18.2 Å². The number of nitrogens with two attached hydrogens (primary N) is 1. The Kier molecular flexibility index (Phi) is 3.76. The van der Waals surface area contributed by atoms with E-state index in [-0.39, 0.29) is 18.0 Å². The molecule has 0 saturated heterocycles. The highest BCUT2D eigenvalue weighted by atomic mass is 19.1. The molecule has 0 bridgehead atoms. The average Bonchev–Trinajstić information content (AvgIpc) is 2.83. The Morgan fingerprint density at radius 3 is 3.00 bits per heavy atom. The number of nitrogens with zero attached hydrogens (tertiary/aromatic N) is 1. The Balaban J connectivity index is 2.09. The van der Waals surface area contributed by atoms with Crippen LogP contribution in [0, 0.1) is 5.82 Å². The van der Waals surface area contributed by atoms with Gasteiger partial charge >= 0.3 is 0 Å². The maximum Gasteiger partial charge on any atom is 0.277 e. The van der Waals surface area contributed by atoms with E-state index in [1.165, 1.54) is 31.4 Å². The molecule has 0 unspecified atom stereocenters. The first kappa shape index (κ1) is 13.0. The SMILES string of the molecule is COCc1cc(C(=O)Nc2ccc(F)c(N)c2)no1. The molecule has 2 aromatic rings. The smallest absolute Gasteiger partial charge is 0.277 e. The van der Waals surface area contributed by atoms with Crippen LogP contribution in [0.4, 0.5) is 15.8 Å². The van der Waals surface area contributed by atoms with E-state index >= 15 is 0 Å². The van der Waals surface area contributed by atoms with Gasteiger partial charge in [0.25, 0.3) is 5.91 Å². The van der Waals surface area contributed by atoms with Crippen LogP contribution in [0.5, 0.6) is 0 Å². The second-order valence-electron chi connectivity index (χ2n) is 3.80. The molecule has 6 nitrogen and oxygen atoms in total. The summed E-state index contributed by atoms with van der Waals surface area (Å²) in [5.74, 6) is -0.579. The van der Waals surface area contributed by atoms with Crippen molar-refractivity contribution in [1.29, 1.82) is 0 Å². The summed E-state index contributed by atoms with van der Waals surface area (Å²) in [7, 11) is 1.50. The number of anilines is 2. The predicted octanol–water partition coefficient (Wildman–Crippen LogP) is 1.79. The summed E-state index contributed by atoms with van der Waals surface area (Å²) in [6.07, 6.45) is 0. The molecule has 0 aliphatic carbocycles. The molecule has 2 rings (SSSR count). The highest BCUT2D eigenvalue weighted by Crippen LogP contribution is 2.17. The molecule has 100 valence electrons. The first-order valence-electron chi connectivity index (χ1n) is 5.41. The van der Waals surface area contributed by atoms with Crippen LogP contribution < -0.4 is 11.1 Å². The van der Waals surface area contributed by atoms with Gasteiger partial charge in [-0.1, -0.05) is 5.16 Å². The molecule has 0 atom stereocenters. The molecular weight excluding hydrogens is 253 g/mol. The third-order valence-corrected chi connectivity index (χ3v) is 2.33. The number of hydrogen-bond donors (Lipinski definition) is 2. The van der Waals surface area contributed by atoms with Gasteiger partial charge in [-0.25, -0.2) is 4.39 Å². The van der Waals surface area contributed by atoms with E-state index in [1.54, 1.807) is 0 Å². The molecule has 0 aliphatic rings. The van der Waals surface area contributed by atoms with Crippen molar-refractivity contribution in [3.63, 3.8) is 0 Å². The summed E-state index contributed by atoms with van der Waals surface area (Å²) in [5, 5.41) is 6.13. The number of methoxy groups -OCH3 is 1. The molecule has 0 spiro atoms. The lowest BCUT2D eigenvalue weighted by atomic mass is 10.2. The van der Waals surface area contributed by atoms with Gasteiger partial charge in [0, 0.05) is 18.9 Å². The Bertz CT molecular complexity index is 598. The summed E-state index contributed by atoms with van der Waals surface area (Å²) in [4.78, 5) is 11.8. The summed E-state index contributed by atoms with van der Waals surface area (Å²) in [6.45, 7) is 0.226. The number of hydrogen-bond acceptors (Lipinski definition) is 5. The molecule has 0 fully saturated rings. The molecule has 0 saturated carbocycles. The standard InChI is InChI=1S/C12H12FN3O3/c1-18-6-8-5-11(16-19-8)12(17)15-7-2-3-9(13)10(14)4-7/h2-5H,6,14H2,1H3,(H,15,17). The number of halogens is 1. The topological polar surface area (TPSA) is 90.4 Å². The van der Waals surface area contributed by atoms with Crippen LogP contribution in [0.3, 0.4) is 0 Å². The monoisotopic (exact) mass is 265 g/mol. The third-order valence-electron chi connectivity index (χ3n) is 2.33. The van der Waals surface area contributed by atoms with Gasteiger partial charge in [-0.2, -0.15) is 0 Å². The van der Waals surface area contributed by atoms with E-state index in [1.807, 2.05) is 0 Å². The minimum absolute atomic E-state index is 0.0435. The van der Waals surface area contributed by atoms with E-state index in [2.05, 4.69) is 10.5 Å². The number of ether oxygens (including phenoxy) is 1. The fraction of sp³-hybridized carbons (Fsp3) is 0.167. The molecule has 19 heavy (non-hydrogen) atoms. The van der Waals surface area contributed by atoms with E-state index in [0.717, 1.165) is 0 Å².